The maximum absolute atomic E-state index is 11.8. The Hall–Kier alpha value is -2.31. The summed E-state index contributed by atoms with van der Waals surface area (Å²) >= 11 is 11.7. The first-order valence-corrected chi connectivity index (χ1v) is 7.17. The van der Waals surface area contributed by atoms with Crippen molar-refractivity contribution in [3.8, 4) is 5.75 Å². The van der Waals surface area contributed by atoms with Crippen molar-refractivity contribution in [3.05, 3.63) is 52.1 Å². The number of nitrogens with one attached hydrogen (secondary N) is 1. The van der Waals surface area contributed by atoms with E-state index in [9.17, 15) is 9.59 Å². The van der Waals surface area contributed by atoms with Gasteiger partial charge in [-0.1, -0.05) is 23.2 Å². The second kappa shape index (κ2) is 7.80. The molecule has 0 saturated carbocycles. The predicted octanol–water partition coefficient (Wildman–Crippen LogP) is 3.19. The first kappa shape index (κ1) is 17.1. The summed E-state index contributed by atoms with van der Waals surface area (Å²) in [5.41, 5.74) is 0.287. The molecule has 23 heavy (non-hydrogen) atoms. The molecule has 0 fully saturated rings. The third-order valence-corrected chi connectivity index (χ3v) is 3.24. The van der Waals surface area contributed by atoms with Gasteiger partial charge in [0.1, 0.15) is 11.6 Å². The van der Waals surface area contributed by atoms with E-state index in [1.807, 2.05) is 0 Å². The summed E-state index contributed by atoms with van der Waals surface area (Å²) in [5.74, 6) is -0.293. The summed E-state index contributed by atoms with van der Waals surface area (Å²) < 4.78 is 9.86. The zero-order chi connectivity index (χ0) is 16.8. The fourth-order valence-corrected chi connectivity index (χ4v) is 2.08. The van der Waals surface area contributed by atoms with Crippen molar-refractivity contribution in [1.82, 2.24) is 4.98 Å². The van der Waals surface area contributed by atoms with Crippen LogP contribution in [0.5, 0.6) is 5.75 Å². The maximum Gasteiger partial charge on any atom is 0.339 e. The molecule has 0 radical (unpaired) electrons. The Bertz CT molecular complexity index is 720. The maximum atomic E-state index is 11.8. The van der Waals surface area contributed by atoms with Gasteiger partial charge in [0.25, 0.3) is 5.91 Å². The molecule has 0 unspecified atom stereocenters. The number of hydrogen-bond acceptors (Lipinski definition) is 5. The van der Waals surface area contributed by atoms with Gasteiger partial charge in [0.15, 0.2) is 6.61 Å². The van der Waals surface area contributed by atoms with E-state index in [-0.39, 0.29) is 18.0 Å². The lowest BCUT2D eigenvalue weighted by molar-refractivity contribution is -0.118. The number of anilines is 1. The summed E-state index contributed by atoms with van der Waals surface area (Å²) in [6, 6.07) is 7.67. The number of aromatic nitrogens is 1. The van der Waals surface area contributed by atoms with Crippen LogP contribution in [0, 0.1) is 0 Å². The number of rotatable bonds is 5. The van der Waals surface area contributed by atoms with Gasteiger partial charge in [0, 0.05) is 11.2 Å². The highest BCUT2D eigenvalue weighted by Gasteiger charge is 2.09. The first-order valence-electron chi connectivity index (χ1n) is 6.41. The van der Waals surface area contributed by atoms with Crippen molar-refractivity contribution in [2.45, 2.75) is 0 Å². The minimum atomic E-state index is -0.504. The molecule has 8 heteroatoms. The van der Waals surface area contributed by atoms with Gasteiger partial charge in [-0.3, -0.25) is 4.79 Å². The van der Waals surface area contributed by atoms with Crippen LogP contribution >= 0.6 is 23.2 Å². The van der Waals surface area contributed by atoms with Gasteiger partial charge in [-0.25, -0.2) is 9.78 Å². The molecular weight excluding hydrogens is 343 g/mol. The van der Waals surface area contributed by atoms with E-state index >= 15 is 0 Å². The lowest BCUT2D eigenvalue weighted by atomic mass is 10.3. The minimum absolute atomic E-state index is 0.248. The van der Waals surface area contributed by atoms with Crippen molar-refractivity contribution >= 4 is 40.9 Å². The number of ether oxygens (including phenoxy) is 2. The minimum Gasteiger partial charge on any atom is -0.482 e. The predicted molar refractivity (Wildman–Crippen MR) is 86.2 cm³/mol. The quantitative estimate of drug-likeness (QED) is 0.834. The van der Waals surface area contributed by atoms with E-state index in [1.54, 1.807) is 12.1 Å². The zero-order valence-electron chi connectivity index (χ0n) is 12.0. The van der Waals surface area contributed by atoms with E-state index in [0.717, 1.165) is 0 Å². The second-order valence-corrected chi connectivity index (χ2v) is 5.18. The van der Waals surface area contributed by atoms with Gasteiger partial charge in [-0.05, 0) is 30.3 Å². The largest absolute Gasteiger partial charge is 0.482 e. The van der Waals surface area contributed by atoms with E-state index in [0.29, 0.717) is 15.8 Å². The number of hydrogen-bond donors (Lipinski definition) is 1. The molecule has 1 aromatic heterocycles. The van der Waals surface area contributed by atoms with Crippen LogP contribution in [-0.2, 0) is 9.53 Å². The highest BCUT2D eigenvalue weighted by Crippen LogP contribution is 2.27. The molecule has 0 bridgehead atoms. The van der Waals surface area contributed by atoms with Crippen molar-refractivity contribution in [2.75, 3.05) is 19.0 Å². The van der Waals surface area contributed by atoms with Crippen LogP contribution in [0.2, 0.25) is 10.0 Å². The smallest absolute Gasteiger partial charge is 0.339 e. The Balaban J connectivity index is 1.90. The van der Waals surface area contributed by atoms with Gasteiger partial charge in [0.2, 0.25) is 0 Å². The van der Waals surface area contributed by atoms with E-state index in [2.05, 4.69) is 15.0 Å². The van der Waals surface area contributed by atoms with E-state index in [1.165, 1.54) is 31.5 Å². The molecule has 0 aliphatic carbocycles. The van der Waals surface area contributed by atoms with Gasteiger partial charge in [-0.15, -0.1) is 0 Å². The fraction of sp³-hybridized carbons (Fsp3) is 0.133. The second-order valence-electron chi connectivity index (χ2n) is 4.34. The average Bonchev–Trinajstić information content (AvgIpc) is 2.54. The summed E-state index contributed by atoms with van der Waals surface area (Å²) in [5, 5.41) is 3.32. The number of amides is 1. The van der Waals surface area contributed by atoms with Gasteiger partial charge >= 0.3 is 5.97 Å². The third kappa shape index (κ3) is 4.84. The van der Waals surface area contributed by atoms with Gasteiger partial charge < -0.3 is 14.8 Å². The molecule has 2 aromatic rings. The van der Waals surface area contributed by atoms with Gasteiger partial charge in [-0.2, -0.15) is 0 Å². The molecule has 6 nitrogen and oxygen atoms in total. The summed E-state index contributed by atoms with van der Waals surface area (Å²) in [6.45, 7) is -0.248. The Morgan fingerprint density at radius 3 is 2.61 bits per heavy atom. The lowest BCUT2D eigenvalue weighted by Gasteiger charge is -2.08. The molecule has 2 rings (SSSR count). The van der Waals surface area contributed by atoms with E-state index in [4.69, 9.17) is 27.9 Å². The van der Waals surface area contributed by atoms with Crippen LogP contribution in [0.4, 0.5) is 5.82 Å². The number of carbonyl (C=O) groups excluding carboxylic acids is 2. The number of pyridine rings is 1. The SMILES string of the molecule is COC(=O)c1ccc(NC(=O)COc2ccc(Cl)cc2Cl)nc1. The molecule has 120 valence electrons. The van der Waals surface area contributed by atoms with Crippen molar-refractivity contribution in [2.24, 2.45) is 0 Å². The Kier molecular flexibility index (Phi) is 5.78. The topological polar surface area (TPSA) is 77.5 Å². The highest BCUT2D eigenvalue weighted by atomic mass is 35.5. The number of halogens is 2. The Morgan fingerprint density at radius 1 is 1.22 bits per heavy atom. The first-order chi connectivity index (χ1) is 11.0. The molecule has 0 aliphatic rings. The van der Waals surface area contributed by atoms with Crippen LogP contribution in [0.25, 0.3) is 0 Å². The fourth-order valence-electron chi connectivity index (χ4n) is 1.62. The number of benzene rings is 1. The summed E-state index contributed by atoms with van der Waals surface area (Å²) in [6.07, 6.45) is 1.30. The van der Waals surface area contributed by atoms with Crippen LogP contribution < -0.4 is 10.1 Å². The molecule has 1 aromatic carbocycles. The summed E-state index contributed by atoms with van der Waals surface area (Å²) in [7, 11) is 1.28. The number of methoxy groups -OCH3 is 1. The zero-order valence-corrected chi connectivity index (χ0v) is 13.5. The standard InChI is InChI=1S/C15H12Cl2N2O4/c1-22-15(21)9-2-5-13(18-7-9)19-14(20)8-23-12-4-3-10(16)6-11(12)17/h2-7H,8H2,1H3,(H,18,19,20). The van der Waals surface area contributed by atoms with Crippen LogP contribution in [0.15, 0.2) is 36.5 Å². The normalized spacial score (nSPS) is 10.0. The molecule has 1 N–H and O–H groups in total. The van der Waals surface area contributed by atoms with Crippen LogP contribution in [0.3, 0.4) is 0 Å². The Morgan fingerprint density at radius 2 is 2.00 bits per heavy atom. The molecular formula is C15H12Cl2N2O4. The molecule has 0 aliphatic heterocycles. The highest BCUT2D eigenvalue weighted by molar-refractivity contribution is 6.35. The molecule has 0 atom stereocenters. The van der Waals surface area contributed by atoms with Crippen molar-refractivity contribution in [1.29, 1.82) is 0 Å². The summed E-state index contributed by atoms with van der Waals surface area (Å²) in [4.78, 5) is 27.0. The molecule has 0 spiro atoms. The Labute approximate surface area is 142 Å². The third-order valence-electron chi connectivity index (χ3n) is 2.70. The number of carbonyl (C=O) groups is 2. The number of nitrogens with zero attached hydrogens (tertiary/aromatic N) is 1. The molecule has 1 heterocycles. The van der Waals surface area contributed by atoms with Gasteiger partial charge in [0.05, 0.1) is 17.7 Å². The molecule has 0 saturated heterocycles. The van der Waals surface area contributed by atoms with E-state index < -0.39 is 11.9 Å². The van der Waals surface area contributed by atoms with Crippen LogP contribution in [0.1, 0.15) is 10.4 Å². The number of esters is 1. The van der Waals surface area contributed by atoms with Crippen LogP contribution in [-0.4, -0.2) is 30.6 Å². The van der Waals surface area contributed by atoms with Crippen molar-refractivity contribution in [3.63, 3.8) is 0 Å². The average molecular weight is 355 g/mol. The monoisotopic (exact) mass is 354 g/mol. The molecule has 1 amide bonds. The lowest BCUT2D eigenvalue weighted by Crippen LogP contribution is -2.21. The van der Waals surface area contributed by atoms with Crippen molar-refractivity contribution < 1.29 is 19.1 Å².